The molecule has 1 atom stereocenters. The van der Waals surface area contributed by atoms with E-state index in [0.717, 1.165) is 38.2 Å². The van der Waals surface area contributed by atoms with Crippen LogP contribution in [0.4, 0.5) is 5.69 Å². The number of likely N-dealkylation sites (tertiary alicyclic amines) is 1. The predicted molar refractivity (Wildman–Crippen MR) is 110 cm³/mol. The Morgan fingerprint density at radius 3 is 2.72 bits per heavy atom. The first-order chi connectivity index (χ1) is 14.1. The van der Waals surface area contributed by atoms with Gasteiger partial charge in [0.25, 0.3) is 5.69 Å². The van der Waals surface area contributed by atoms with Crippen LogP contribution in [0.3, 0.4) is 0 Å². The molecule has 2 heterocycles. The Morgan fingerprint density at radius 2 is 2.03 bits per heavy atom. The molecule has 2 saturated heterocycles. The number of hydrogen-bond donors (Lipinski definition) is 1. The second kappa shape index (κ2) is 8.39. The number of benzene rings is 2. The van der Waals surface area contributed by atoms with Gasteiger partial charge in [-0.3, -0.25) is 15.0 Å². The summed E-state index contributed by atoms with van der Waals surface area (Å²) < 4.78 is 11.3. The number of nitro benzene ring substituents is 1. The summed E-state index contributed by atoms with van der Waals surface area (Å²) in [4.78, 5) is 13.7. The standard InChI is InChI=1S/C22H27N3O4/c1-28-20-11-18(13-24-10-8-22(16-24)7-9-23-15-22)19(25(26)27)12-21(20)29-14-17-5-3-2-4-6-17/h2-6,11-12,23H,7-10,13-16H2,1H3. The molecule has 0 bridgehead atoms. The van der Waals surface area contributed by atoms with Crippen LogP contribution in [-0.2, 0) is 13.2 Å². The van der Waals surface area contributed by atoms with Gasteiger partial charge in [0, 0.05) is 25.2 Å². The van der Waals surface area contributed by atoms with Crippen LogP contribution in [0.25, 0.3) is 0 Å². The number of hydrogen-bond acceptors (Lipinski definition) is 6. The lowest BCUT2D eigenvalue weighted by atomic mass is 9.86. The first-order valence-electron chi connectivity index (χ1n) is 10.0. The van der Waals surface area contributed by atoms with E-state index in [1.54, 1.807) is 13.2 Å². The molecule has 1 spiro atoms. The first kappa shape index (κ1) is 19.7. The molecule has 0 radical (unpaired) electrons. The van der Waals surface area contributed by atoms with E-state index < -0.39 is 0 Å². The largest absolute Gasteiger partial charge is 0.493 e. The Morgan fingerprint density at radius 1 is 1.21 bits per heavy atom. The molecule has 4 rings (SSSR count). The average Bonchev–Trinajstić information content (AvgIpc) is 3.36. The van der Waals surface area contributed by atoms with Gasteiger partial charge in [0.1, 0.15) is 6.61 Å². The Hall–Kier alpha value is -2.64. The SMILES string of the molecule is COc1cc(CN2CCC3(CCNC3)C2)c([N+](=O)[O-])cc1OCc1ccccc1. The summed E-state index contributed by atoms with van der Waals surface area (Å²) >= 11 is 0. The van der Waals surface area contributed by atoms with E-state index in [9.17, 15) is 10.1 Å². The van der Waals surface area contributed by atoms with Crippen LogP contribution in [0.2, 0.25) is 0 Å². The van der Waals surface area contributed by atoms with Crippen molar-refractivity contribution in [2.75, 3.05) is 33.3 Å². The highest BCUT2D eigenvalue weighted by atomic mass is 16.6. The molecule has 0 aliphatic carbocycles. The summed E-state index contributed by atoms with van der Waals surface area (Å²) in [6, 6.07) is 13.0. The molecule has 2 aromatic rings. The topological polar surface area (TPSA) is 76.9 Å². The summed E-state index contributed by atoms with van der Waals surface area (Å²) in [5.74, 6) is 0.919. The van der Waals surface area contributed by atoms with Crippen molar-refractivity contribution in [2.24, 2.45) is 5.41 Å². The molecule has 29 heavy (non-hydrogen) atoms. The van der Waals surface area contributed by atoms with Gasteiger partial charge in [0.15, 0.2) is 11.5 Å². The van der Waals surface area contributed by atoms with Gasteiger partial charge in [-0.1, -0.05) is 30.3 Å². The van der Waals surface area contributed by atoms with Crippen LogP contribution in [-0.4, -0.2) is 43.1 Å². The van der Waals surface area contributed by atoms with Gasteiger partial charge in [-0.05, 0) is 43.0 Å². The molecule has 0 aromatic heterocycles. The minimum Gasteiger partial charge on any atom is -0.493 e. The smallest absolute Gasteiger partial charge is 0.277 e. The van der Waals surface area contributed by atoms with E-state index in [0.29, 0.717) is 35.6 Å². The molecular formula is C22H27N3O4. The molecule has 2 aromatic carbocycles. The quantitative estimate of drug-likeness (QED) is 0.570. The fourth-order valence-electron chi connectivity index (χ4n) is 4.44. The van der Waals surface area contributed by atoms with Gasteiger partial charge in [0.2, 0.25) is 0 Å². The molecule has 2 fully saturated rings. The van der Waals surface area contributed by atoms with Gasteiger partial charge in [0.05, 0.1) is 18.1 Å². The van der Waals surface area contributed by atoms with Crippen LogP contribution in [0, 0.1) is 15.5 Å². The van der Waals surface area contributed by atoms with Crippen molar-refractivity contribution in [2.45, 2.75) is 26.0 Å². The van der Waals surface area contributed by atoms with Crippen LogP contribution >= 0.6 is 0 Å². The Bertz CT molecular complexity index is 866. The number of nitrogens with zero attached hydrogens (tertiary/aromatic N) is 2. The van der Waals surface area contributed by atoms with E-state index >= 15 is 0 Å². The molecule has 154 valence electrons. The van der Waals surface area contributed by atoms with E-state index in [4.69, 9.17) is 9.47 Å². The lowest BCUT2D eigenvalue weighted by molar-refractivity contribution is -0.385. The van der Waals surface area contributed by atoms with Crippen molar-refractivity contribution in [3.05, 3.63) is 63.7 Å². The lowest BCUT2D eigenvalue weighted by Crippen LogP contribution is -2.29. The zero-order valence-corrected chi connectivity index (χ0v) is 16.7. The number of ether oxygens (including phenoxy) is 2. The van der Waals surface area contributed by atoms with Crippen molar-refractivity contribution < 1.29 is 14.4 Å². The zero-order chi connectivity index (χ0) is 20.3. The number of nitro groups is 1. The van der Waals surface area contributed by atoms with Gasteiger partial charge in [-0.15, -0.1) is 0 Å². The van der Waals surface area contributed by atoms with Crippen LogP contribution < -0.4 is 14.8 Å². The van der Waals surface area contributed by atoms with Gasteiger partial charge < -0.3 is 14.8 Å². The van der Waals surface area contributed by atoms with Gasteiger partial charge in [-0.2, -0.15) is 0 Å². The maximum absolute atomic E-state index is 11.8. The fourth-order valence-corrected chi connectivity index (χ4v) is 4.44. The molecule has 7 heteroatoms. The highest BCUT2D eigenvalue weighted by Gasteiger charge is 2.40. The van der Waals surface area contributed by atoms with Gasteiger partial charge in [-0.25, -0.2) is 0 Å². The van der Waals surface area contributed by atoms with Crippen LogP contribution in [0.5, 0.6) is 11.5 Å². The third kappa shape index (κ3) is 4.36. The lowest BCUT2D eigenvalue weighted by Gasteiger charge is -2.23. The predicted octanol–water partition coefficient (Wildman–Crippen LogP) is 3.37. The number of methoxy groups -OCH3 is 1. The van der Waals surface area contributed by atoms with Crippen LogP contribution in [0.15, 0.2) is 42.5 Å². The number of rotatable bonds is 7. The minimum absolute atomic E-state index is 0.0827. The van der Waals surface area contributed by atoms with Crippen LogP contribution in [0.1, 0.15) is 24.0 Å². The van der Waals surface area contributed by atoms with E-state index in [2.05, 4.69) is 10.2 Å². The first-order valence-corrected chi connectivity index (χ1v) is 10.0. The Labute approximate surface area is 170 Å². The van der Waals surface area contributed by atoms with Crippen molar-refractivity contribution in [1.29, 1.82) is 0 Å². The number of nitrogens with one attached hydrogen (secondary N) is 1. The molecular weight excluding hydrogens is 370 g/mol. The second-order valence-corrected chi connectivity index (χ2v) is 8.05. The summed E-state index contributed by atoms with van der Waals surface area (Å²) in [6.45, 7) is 4.93. The van der Waals surface area contributed by atoms with Crippen molar-refractivity contribution in [3.8, 4) is 11.5 Å². The van der Waals surface area contributed by atoms with E-state index in [1.807, 2.05) is 30.3 Å². The van der Waals surface area contributed by atoms with E-state index in [1.165, 1.54) is 12.5 Å². The minimum atomic E-state index is -0.326. The highest BCUT2D eigenvalue weighted by molar-refractivity contribution is 5.54. The van der Waals surface area contributed by atoms with E-state index in [-0.39, 0.29) is 10.6 Å². The molecule has 2 aliphatic heterocycles. The zero-order valence-electron chi connectivity index (χ0n) is 16.7. The highest BCUT2D eigenvalue weighted by Crippen LogP contribution is 2.39. The summed E-state index contributed by atoms with van der Waals surface area (Å²) in [5, 5.41) is 15.2. The van der Waals surface area contributed by atoms with Crippen molar-refractivity contribution >= 4 is 5.69 Å². The molecule has 0 saturated carbocycles. The maximum atomic E-state index is 11.8. The van der Waals surface area contributed by atoms with Gasteiger partial charge >= 0.3 is 0 Å². The second-order valence-electron chi connectivity index (χ2n) is 8.05. The maximum Gasteiger partial charge on any atom is 0.277 e. The summed E-state index contributed by atoms with van der Waals surface area (Å²) in [7, 11) is 1.56. The average molecular weight is 397 g/mol. The molecule has 0 amide bonds. The van der Waals surface area contributed by atoms with Crippen molar-refractivity contribution in [1.82, 2.24) is 10.2 Å². The molecule has 7 nitrogen and oxygen atoms in total. The summed E-state index contributed by atoms with van der Waals surface area (Å²) in [6.07, 6.45) is 2.32. The Balaban J connectivity index is 1.53. The van der Waals surface area contributed by atoms with Crippen molar-refractivity contribution in [3.63, 3.8) is 0 Å². The monoisotopic (exact) mass is 397 g/mol. The third-order valence-electron chi connectivity index (χ3n) is 6.04. The molecule has 2 aliphatic rings. The normalized spacial score (nSPS) is 21.6. The molecule has 1 unspecified atom stereocenters. The third-order valence-corrected chi connectivity index (χ3v) is 6.04. The fraction of sp³-hybridized carbons (Fsp3) is 0.455. The summed E-state index contributed by atoms with van der Waals surface area (Å²) in [5.41, 5.74) is 2.08. The molecule has 1 N–H and O–H groups in total. The Kier molecular flexibility index (Phi) is 5.69.